The second-order valence-electron chi connectivity index (χ2n) is 6.56. The van der Waals surface area contributed by atoms with Gasteiger partial charge in [-0.2, -0.15) is 0 Å². The van der Waals surface area contributed by atoms with Crippen molar-refractivity contribution in [2.45, 2.75) is 51.2 Å². The summed E-state index contributed by atoms with van der Waals surface area (Å²) in [7, 11) is 0. The molecule has 1 heterocycles. The lowest BCUT2D eigenvalue weighted by atomic mass is 9.94. The largest absolute Gasteiger partial charge is 0.345 e. The van der Waals surface area contributed by atoms with Crippen molar-refractivity contribution in [1.82, 2.24) is 9.47 Å². The Morgan fingerprint density at radius 3 is 2.54 bits per heavy atom. The van der Waals surface area contributed by atoms with E-state index < -0.39 is 0 Å². The summed E-state index contributed by atoms with van der Waals surface area (Å²) >= 11 is 5.88. The summed E-state index contributed by atoms with van der Waals surface area (Å²) in [6.07, 6.45) is 7.99. The zero-order valence-electron chi connectivity index (χ0n) is 14.0. The monoisotopic (exact) mass is 344 g/mol. The fourth-order valence-electron chi connectivity index (χ4n) is 3.59. The number of carbonyl (C=O) groups is 1. The maximum atomic E-state index is 12.4. The van der Waals surface area contributed by atoms with Gasteiger partial charge >= 0.3 is 0 Å². The number of hydrogen-bond acceptors (Lipinski definition) is 1. The van der Waals surface area contributed by atoms with E-state index in [0.29, 0.717) is 12.6 Å². The molecule has 0 atom stereocenters. The van der Waals surface area contributed by atoms with Gasteiger partial charge in [-0.15, -0.1) is 11.6 Å². The van der Waals surface area contributed by atoms with E-state index in [9.17, 15) is 4.79 Å². The van der Waals surface area contributed by atoms with E-state index in [4.69, 9.17) is 11.6 Å². The van der Waals surface area contributed by atoms with Crippen LogP contribution in [0.3, 0.4) is 0 Å². The minimum Gasteiger partial charge on any atom is -0.345 e. The number of aromatic nitrogens is 1. The summed E-state index contributed by atoms with van der Waals surface area (Å²) in [5.41, 5.74) is 2.44. The third kappa shape index (κ3) is 4.21. The Morgan fingerprint density at radius 2 is 1.83 bits per heavy atom. The maximum absolute atomic E-state index is 12.4. The number of rotatable bonds is 6. The van der Waals surface area contributed by atoms with E-state index >= 15 is 0 Å². The van der Waals surface area contributed by atoms with Crippen molar-refractivity contribution in [3.63, 3.8) is 0 Å². The standard InChI is InChI=1S/C20H25ClN2O/c21-14-20(24)23(18-10-5-2-6-11-18)16-19-12-7-13-22(19)15-17-8-3-1-4-9-17/h1,3-4,7-9,12-13,18H,2,5-6,10-11,14-16H2. The molecule has 1 aromatic carbocycles. The zero-order valence-corrected chi connectivity index (χ0v) is 14.8. The number of nitrogens with zero attached hydrogens (tertiary/aromatic N) is 2. The van der Waals surface area contributed by atoms with Gasteiger partial charge in [0.2, 0.25) is 5.91 Å². The van der Waals surface area contributed by atoms with Gasteiger partial charge in [-0.05, 0) is 30.5 Å². The summed E-state index contributed by atoms with van der Waals surface area (Å²) in [6, 6.07) is 14.9. The van der Waals surface area contributed by atoms with Gasteiger partial charge < -0.3 is 9.47 Å². The van der Waals surface area contributed by atoms with Gasteiger partial charge in [-0.25, -0.2) is 0 Å². The van der Waals surface area contributed by atoms with E-state index in [1.807, 2.05) is 11.0 Å². The van der Waals surface area contributed by atoms with Crippen LogP contribution in [0.4, 0.5) is 0 Å². The van der Waals surface area contributed by atoms with Crippen LogP contribution in [-0.4, -0.2) is 27.3 Å². The third-order valence-corrected chi connectivity index (χ3v) is 5.13. The molecule has 1 aliphatic rings. The summed E-state index contributed by atoms with van der Waals surface area (Å²) in [5.74, 6) is 0.117. The number of hydrogen-bond donors (Lipinski definition) is 0. The number of carbonyl (C=O) groups excluding carboxylic acids is 1. The molecular weight excluding hydrogens is 320 g/mol. The molecule has 0 spiro atoms. The Labute approximate surface area is 149 Å². The molecule has 128 valence electrons. The van der Waals surface area contributed by atoms with Gasteiger partial charge in [0.25, 0.3) is 0 Å². The highest BCUT2D eigenvalue weighted by Gasteiger charge is 2.25. The number of halogens is 1. The fourth-order valence-corrected chi connectivity index (χ4v) is 3.75. The molecule has 1 aliphatic carbocycles. The lowest BCUT2D eigenvalue weighted by molar-refractivity contribution is -0.132. The first-order chi connectivity index (χ1) is 11.8. The molecule has 3 nitrogen and oxygen atoms in total. The second-order valence-corrected chi connectivity index (χ2v) is 6.83. The van der Waals surface area contributed by atoms with E-state index in [1.165, 1.54) is 30.5 Å². The first-order valence-electron chi connectivity index (χ1n) is 8.81. The van der Waals surface area contributed by atoms with Crippen LogP contribution in [0.2, 0.25) is 0 Å². The van der Waals surface area contributed by atoms with Crippen LogP contribution < -0.4 is 0 Å². The van der Waals surface area contributed by atoms with Crippen LogP contribution >= 0.6 is 11.6 Å². The quantitative estimate of drug-likeness (QED) is 0.711. The maximum Gasteiger partial charge on any atom is 0.238 e. The predicted molar refractivity (Wildman–Crippen MR) is 98.1 cm³/mol. The molecule has 0 bridgehead atoms. The number of amides is 1. The normalized spacial score (nSPS) is 15.4. The molecule has 3 rings (SSSR count). The summed E-state index contributed by atoms with van der Waals surface area (Å²) in [6.45, 7) is 1.48. The lowest BCUT2D eigenvalue weighted by Crippen LogP contribution is -2.42. The van der Waals surface area contributed by atoms with Gasteiger partial charge in [0.15, 0.2) is 0 Å². The van der Waals surface area contributed by atoms with Crippen LogP contribution in [0.1, 0.15) is 43.4 Å². The Hall–Kier alpha value is -1.74. The van der Waals surface area contributed by atoms with E-state index in [-0.39, 0.29) is 11.8 Å². The van der Waals surface area contributed by atoms with Crippen LogP contribution in [0, 0.1) is 0 Å². The lowest BCUT2D eigenvalue weighted by Gasteiger charge is -2.34. The fraction of sp³-hybridized carbons (Fsp3) is 0.450. The van der Waals surface area contributed by atoms with Crippen molar-refractivity contribution < 1.29 is 4.79 Å². The summed E-state index contributed by atoms with van der Waals surface area (Å²) in [4.78, 5) is 14.4. The highest BCUT2D eigenvalue weighted by molar-refractivity contribution is 6.27. The molecule has 4 heteroatoms. The molecule has 1 aromatic heterocycles. The smallest absolute Gasteiger partial charge is 0.238 e. The summed E-state index contributed by atoms with van der Waals surface area (Å²) < 4.78 is 2.23. The molecule has 1 fully saturated rings. The van der Waals surface area contributed by atoms with Crippen molar-refractivity contribution in [3.05, 3.63) is 59.9 Å². The Kier molecular flexibility index (Phi) is 5.97. The Bertz CT molecular complexity index is 647. The predicted octanol–water partition coefficient (Wildman–Crippen LogP) is 4.44. The Balaban J connectivity index is 1.75. The van der Waals surface area contributed by atoms with Crippen molar-refractivity contribution in [2.24, 2.45) is 0 Å². The topological polar surface area (TPSA) is 25.2 Å². The molecule has 1 amide bonds. The van der Waals surface area contributed by atoms with E-state index in [1.54, 1.807) is 0 Å². The molecule has 2 aromatic rings. The minimum atomic E-state index is 0.0519. The van der Waals surface area contributed by atoms with Crippen LogP contribution in [-0.2, 0) is 17.9 Å². The summed E-state index contributed by atoms with van der Waals surface area (Å²) in [5, 5.41) is 0. The average Bonchev–Trinajstić information content (AvgIpc) is 3.07. The highest BCUT2D eigenvalue weighted by atomic mass is 35.5. The first kappa shape index (κ1) is 17.1. The molecule has 0 radical (unpaired) electrons. The molecule has 0 aliphatic heterocycles. The van der Waals surface area contributed by atoms with Crippen molar-refractivity contribution in [3.8, 4) is 0 Å². The molecular formula is C20H25ClN2O. The van der Waals surface area contributed by atoms with Gasteiger partial charge in [-0.3, -0.25) is 4.79 Å². The Morgan fingerprint density at radius 1 is 1.08 bits per heavy atom. The molecule has 24 heavy (non-hydrogen) atoms. The second kappa shape index (κ2) is 8.39. The van der Waals surface area contributed by atoms with Gasteiger partial charge in [0.05, 0.1) is 6.54 Å². The average molecular weight is 345 g/mol. The van der Waals surface area contributed by atoms with Crippen LogP contribution in [0.5, 0.6) is 0 Å². The zero-order chi connectivity index (χ0) is 16.8. The molecule has 0 saturated heterocycles. The first-order valence-corrected chi connectivity index (χ1v) is 9.35. The van der Waals surface area contributed by atoms with Crippen LogP contribution in [0.15, 0.2) is 48.7 Å². The van der Waals surface area contributed by atoms with Gasteiger partial charge in [-0.1, -0.05) is 49.6 Å². The number of alkyl halides is 1. The van der Waals surface area contributed by atoms with E-state index in [2.05, 4.69) is 47.2 Å². The van der Waals surface area contributed by atoms with Gasteiger partial charge in [0.1, 0.15) is 5.88 Å². The van der Waals surface area contributed by atoms with Gasteiger partial charge in [0, 0.05) is 24.5 Å². The SMILES string of the molecule is O=C(CCl)N(Cc1cccn1Cc1ccccc1)C1CCCCC1. The highest BCUT2D eigenvalue weighted by Crippen LogP contribution is 2.25. The number of benzene rings is 1. The van der Waals surface area contributed by atoms with Crippen LogP contribution in [0.25, 0.3) is 0 Å². The molecule has 0 unspecified atom stereocenters. The van der Waals surface area contributed by atoms with Crippen molar-refractivity contribution in [2.75, 3.05) is 5.88 Å². The molecule has 0 N–H and O–H groups in total. The minimum absolute atomic E-state index is 0.0519. The van der Waals surface area contributed by atoms with E-state index in [0.717, 1.165) is 19.4 Å². The third-order valence-electron chi connectivity index (χ3n) is 4.90. The van der Waals surface area contributed by atoms with Crippen molar-refractivity contribution in [1.29, 1.82) is 0 Å². The van der Waals surface area contributed by atoms with Crippen molar-refractivity contribution >= 4 is 17.5 Å². The molecule has 1 saturated carbocycles.